The maximum Gasteiger partial charge on any atom is -0.0383 e. The fourth-order valence-electron chi connectivity index (χ4n) is 4.80. The standard InChI is InChI=1S/C18H34/c1-13(2)11-15(4)16-7-9-17(10-8-16)18-6-5-14(3)12-18/h13-18H,5-12H2,1-4H3. The van der Waals surface area contributed by atoms with Gasteiger partial charge in [-0.2, -0.15) is 0 Å². The van der Waals surface area contributed by atoms with Crippen LogP contribution in [0.25, 0.3) is 0 Å². The molecular weight excluding hydrogens is 216 g/mol. The number of hydrogen-bond acceptors (Lipinski definition) is 0. The van der Waals surface area contributed by atoms with Gasteiger partial charge in [0, 0.05) is 0 Å². The molecule has 0 spiro atoms. The van der Waals surface area contributed by atoms with Crippen LogP contribution >= 0.6 is 0 Å². The molecule has 3 unspecified atom stereocenters. The summed E-state index contributed by atoms with van der Waals surface area (Å²) >= 11 is 0. The van der Waals surface area contributed by atoms with Crippen molar-refractivity contribution in [3.63, 3.8) is 0 Å². The van der Waals surface area contributed by atoms with Gasteiger partial charge in [-0.15, -0.1) is 0 Å². The fraction of sp³-hybridized carbons (Fsp3) is 1.00. The zero-order chi connectivity index (χ0) is 13.1. The van der Waals surface area contributed by atoms with Gasteiger partial charge in [0.1, 0.15) is 0 Å². The molecule has 0 amide bonds. The second kappa shape index (κ2) is 6.44. The van der Waals surface area contributed by atoms with Crippen LogP contribution in [0.15, 0.2) is 0 Å². The molecule has 0 aromatic rings. The van der Waals surface area contributed by atoms with E-state index >= 15 is 0 Å². The van der Waals surface area contributed by atoms with Crippen molar-refractivity contribution in [3.8, 4) is 0 Å². The molecule has 0 bridgehead atoms. The lowest BCUT2D eigenvalue weighted by Gasteiger charge is -2.35. The van der Waals surface area contributed by atoms with E-state index in [4.69, 9.17) is 0 Å². The van der Waals surface area contributed by atoms with Crippen LogP contribution in [0, 0.1) is 35.5 Å². The average Bonchev–Trinajstić information content (AvgIpc) is 2.75. The Morgan fingerprint density at radius 2 is 1.44 bits per heavy atom. The lowest BCUT2D eigenvalue weighted by atomic mass is 9.70. The van der Waals surface area contributed by atoms with E-state index in [0.717, 1.165) is 35.5 Å². The first kappa shape index (κ1) is 14.4. The van der Waals surface area contributed by atoms with Crippen LogP contribution in [-0.2, 0) is 0 Å². The first-order valence-electron chi connectivity index (χ1n) is 8.56. The van der Waals surface area contributed by atoms with Crippen LogP contribution in [0.5, 0.6) is 0 Å². The van der Waals surface area contributed by atoms with E-state index in [1.807, 2.05) is 0 Å². The second-order valence-electron chi connectivity index (χ2n) is 7.96. The summed E-state index contributed by atoms with van der Waals surface area (Å²) in [7, 11) is 0. The average molecular weight is 250 g/mol. The third kappa shape index (κ3) is 3.75. The predicted molar refractivity (Wildman–Crippen MR) is 80.6 cm³/mol. The normalized spacial score (nSPS) is 39.2. The molecule has 2 saturated carbocycles. The number of hydrogen-bond donors (Lipinski definition) is 0. The highest BCUT2D eigenvalue weighted by Gasteiger charge is 2.33. The Morgan fingerprint density at radius 1 is 0.833 bits per heavy atom. The van der Waals surface area contributed by atoms with Crippen molar-refractivity contribution in [3.05, 3.63) is 0 Å². The first-order valence-corrected chi connectivity index (χ1v) is 8.56. The van der Waals surface area contributed by atoms with E-state index < -0.39 is 0 Å². The maximum atomic E-state index is 2.50. The van der Waals surface area contributed by atoms with Crippen molar-refractivity contribution in [2.45, 2.75) is 79.1 Å². The van der Waals surface area contributed by atoms with Crippen molar-refractivity contribution in [2.24, 2.45) is 35.5 Å². The summed E-state index contributed by atoms with van der Waals surface area (Å²) in [4.78, 5) is 0. The van der Waals surface area contributed by atoms with Crippen LogP contribution in [0.3, 0.4) is 0 Å². The minimum atomic E-state index is 0.883. The molecular formula is C18H34. The highest BCUT2D eigenvalue weighted by atomic mass is 14.4. The van der Waals surface area contributed by atoms with Crippen molar-refractivity contribution in [1.29, 1.82) is 0 Å². The van der Waals surface area contributed by atoms with E-state index in [1.54, 1.807) is 12.8 Å². The summed E-state index contributed by atoms with van der Waals surface area (Å²) in [5, 5.41) is 0. The Labute approximate surface area is 115 Å². The highest BCUT2D eigenvalue weighted by molar-refractivity contribution is 4.84. The van der Waals surface area contributed by atoms with E-state index in [9.17, 15) is 0 Å². The maximum absolute atomic E-state index is 2.50. The molecule has 3 atom stereocenters. The van der Waals surface area contributed by atoms with Gasteiger partial charge in [-0.25, -0.2) is 0 Å². The van der Waals surface area contributed by atoms with Gasteiger partial charge in [0.15, 0.2) is 0 Å². The summed E-state index contributed by atoms with van der Waals surface area (Å²) in [6.07, 6.45) is 12.2. The summed E-state index contributed by atoms with van der Waals surface area (Å²) < 4.78 is 0. The van der Waals surface area contributed by atoms with Gasteiger partial charge in [-0.05, 0) is 80.5 Å². The Kier molecular flexibility index (Phi) is 5.15. The van der Waals surface area contributed by atoms with E-state index in [0.29, 0.717) is 0 Å². The monoisotopic (exact) mass is 250 g/mol. The van der Waals surface area contributed by atoms with Gasteiger partial charge in [0.2, 0.25) is 0 Å². The molecule has 0 heterocycles. The first-order chi connectivity index (χ1) is 8.56. The topological polar surface area (TPSA) is 0 Å². The second-order valence-corrected chi connectivity index (χ2v) is 7.96. The predicted octanol–water partition coefficient (Wildman–Crippen LogP) is 5.91. The summed E-state index contributed by atoms with van der Waals surface area (Å²) in [5.41, 5.74) is 0. The molecule has 0 heteroatoms. The van der Waals surface area contributed by atoms with Crippen molar-refractivity contribution < 1.29 is 0 Å². The summed E-state index contributed by atoms with van der Waals surface area (Å²) in [5.74, 6) is 6.11. The van der Waals surface area contributed by atoms with Gasteiger partial charge in [-0.1, -0.05) is 34.1 Å². The van der Waals surface area contributed by atoms with Crippen molar-refractivity contribution in [2.75, 3.05) is 0 Å². The van der Waals surface area contributed by atoms with Crippen LogP contribution in [0.2, 0.25) is 0 Å². The zero-order valence-corrected chi connectivity index (χ0v) is 13.1. The third-order valence-corrected chi connectivity index (χ3v) is 5.87. The van der Waals surface area contributed by atoms with Gasteiger partial charge < -0.3 is 0 Å². The van der Waals surface area contributed by atoms with Crippen molar-refractivity contribution >= 4 is 0 Å². The molecule has 0 aliphatic heterocycles. The van der Waals surface area contributed by atoms with Crippen LogP contribution in [0.1, 0.15) is 79.1 Å². The van der Waals surface area contributed by atoms with Gasteiger partial charge in [0.05, 0.1) is 0 Å². The SMILES string of the molecule is CC(C)CC(C)C1CCC(C2CCC(C)C2)CC1. The lowest BCUT2D eigenvalue weighted by Crippen LogP contribution is -2.24. The highest BCUT2D eigenvalue weighted by Crippen LogP contribution is 2.44. The largest absolute Gasteiger partial charge is 0.0628 e. The Morgan fingerprint density at radius 3 is 1.94 bits per heavy atom. The van der Waals surface area contributed by atoms with Gasteiger partial charge >= 0.3 is 0 Å². The van der Waals surface area contributed by atoms with E-state index in [2.05, 4.69) is 27.7 Å². The number of rotatable bonds is 4. The third-order valence-electron chi connectivity index (χ3n) is 5.87. The molecule has 0 N–H and O–H groups in total. The molecule has 0 nitrogen and oxygen atoms in total. The molecule has 2 aliphatic carbocycles. The van der Waals surface area contributed by atoms with Crippen LogP contribution in [-0.4, -0.2) is 0 Å². The smallest absolute Gasteiger partial charge is 0.0383 e. The zero-order valence-electron chi connectivity index (χ0n) is 13.1. The Balaban J connectivity index is 1.74. The van der Waals surface area contributed by atoms with E-state index in [-0.39, 0.29) is 0 Å². The van der Waals surface area contributed by atoms with Crippen LogP contribution < -0.4 is 0 Å². The van der Waals surface area contributed by atoms with Gasteiger partial charge in [-0.3, -0.25) is 0 Å². The molecule has 0 aromatic heterocycles. The van der Waals surface area contributed by atoms with Gasteiger partial charge in [0.25, 0.3) is 0 Å². The summed E-state index contributed by atoms with van der Waals surface area (Å²) in [6, 6.07) is 0. The molecule has 18 heavy (non-hydrogen) atoms. The van der Waals surface area contributed by atoms with E-state index in [1.165, 1.54) is 38.5 Å². The lowest BCUT2D eigenvalue weighted by molar-refractivity contribution is 0.157. The molecule has 0 saturated heterocycles. The molecule has 2 rings (SSSR count). The summed E-state index contributed by atoms with van der Waals surface area (Å²) in [6.45, 7) is 9.71. The molecule has 2 aliphatic rings. The Bertz CT molecular complexity index is 234. The minimum Gasteiger partial charge on any atom is -0.0628 e. The quantitative estimate of drug-likeness (QED) is 0.581. The molecule has 106 valence electrons. The molecule has 0 radical (unpaired) electrons. The molecule has 2 fully saturated rings. The van der Waals surface area contributed by atoms with Crippen LogP contribution in [0.4, 0.5) is 0 Å². The Hall–Kier alpha value is 0. The minimum absolute atomic E-state index is 0.883. The fourth-order valence-corrected chi connectivity index (χ4v) is 4.80. The van der Waals surface area contributed by atoms with Crippen molar-refractivity contribution in [1.82, 2.24) is 0 Å². The molecule has 0 aromatic carbocycles.